The molecule has 2 aliphatic rings. The van der Waals surface area contributed by atoms with Crippen LogP contribution in [0.4, 0.5) is 4.79 Å². The Labute approximate surface area is 184 Å². The molecule has 2 saturated heterocycles. The second-order valence-corrected chi connectivity index (χ2v) is 11.7. The molecular formula is C22H32N4O4S. The van der Waals surface area contributed by atoms with Gasteiger partial charge in [0.15, 0.2) is 0 Å². The second-order valence-electron chi connectivity index (χ2n) is 9.53. The van der Waals surface area contributed by atoms with E-state index in [4.69, 9.17) is 4.74 Å². The third-order valence-electron chi connectivity index (χ3n) is 6.25. The Morgan fingerprint density at radius 2 is 1.81 bits per heavy atom. The molecule has 0 spiro atoms. The minimum atomic E-state index is -3.37. The van der Waals surface area contributed by atoms with Crippen LogP contribution >= 0.6 is 0 Å². The molecule has 4 rings (SSSR count). The molecule has 2 aliphatic heterocycles. The van der Waals surface area contributed by atoms with Crippen LogP contribution in [0.25, 0.3) is 11.0 Å². The van der Waals surface area contributed by atoms with Gasteiger partial charge in [0, 0.05) is 44.0 Å². The van der Waals surface area contributed by atoms with E-state index in [9.17, 15) is 13.2 Å². The van der Waals surface area contributed by atoms with Gasteiger partial charge in [-0.2, -0.15) is 0 Å². The average molecular weight is 449 g/mol. The Morgan fingerprint density at radius 1 is 1.13 bits per heavy atom. The number of nitrogens with one attached hydrogen (secondary N) is 1. The van der Waals surface area contributed by atoms with Gasteiger partial charge in [-0.25, -0.2) is 22.5 Å². The summed E-state index contributed by atoms with van der Waals surface area (Å²) < 4.78 is 33.5. The second kappa shape index (κ2) is 8.43. The van der Waals surface area contributed by atoms with Crippen molar-refractivity contribution in [3.05, 3.63) is 30.1 Å². The lowest BCUT2D eigenvalue weighted by Gasteiger charge is -2.37. The highest BCUT2D eigenvalue weighted by Gasteiger charge is 2.38. The lowest BCUT2D eigenvalue weighted by Crippen LogP contribution is -2.49. The van der Waals surface area contributed by atoms with Crippen molar-refractivity contribution >= 4 is 27.1 Å². The van der Waals surface area contributed by atoms with Gasteiger partial charge in [-0.1, -0.05) is 0 Å². The predicted octanol–water partition coefficient (Wildman–Crippen LogP) is 3.47. The Hall–Kier alpha value is -2.13. The summed E-state index contributed by atoms with van der Waals surface area (Å²) in [7, 11) is -3.37. The summed E-state index contributed by atoms with van der Waals surface area (Å²) in [5.74, 6) is 0.332. The highest BCUT2D eigenvalue weighted by atomic mass is 32.2. The first kappa shape index (κ1) is 22.1. The molecule has 1 amide bonds. The number of H-pyrrole nitrogens is 1. The molecule has 4 heterocycles. The Kier molecular flexibility index (Phi) is 6.00. The van der Waals surface area contributed by atoms with Gasteiger partial charge in [0.25, 0.3) is 0 Å². The van der Waals surface area contributed by atoms with Gasteiger partial charge in [-0.3, -0.25) is 0 Å². The SMILES string of the molecule is CC(C)(C)OC(=O)N1CCC(S(=O)(=O)N2CCC(c3c[nH]c4ncccc34)CC2)CC1. The Balaban J connectivity index is 1.34. The molecule has 9 heteroatoms. The fourth-order valence-corrected chi connectivity index (χ4v) is 6.56. The Bertz CT molecular complexity index is 1030. The number of aromatic amines is 1. The minimum Gasteiger partial charge on any atom is -0.444 e. The van der Waals surface area contributed by atoms with Crippen LogP contribution in [0.5, 0.6) is 0 Å². The molecule has 0 saturated carbocycles. The van der Waals surface area contributed by atoms with E-state index >= 15 is 0 Å². The number of pyridine rings is 1. The standard InChI is InChI=1S/C22H32N4O4S/c1-22(2,3)30-21(27)25-11-8-17(9-12-25)31(28,29)26-13-6-16(7-14-26)19-15-24-20-18(19)5-4-10-23-20/h4-5,10,15-17H,6-9,11-14H2,1-3H3,(H,23,24). The number of rotatable bonds is 3. The van der Waals surface area contributed by atoms with Crippen LogP contribution in [-0.4, -0.2) is 70.7 Å². The van der Waals surface area contributed by atoms with Crippen molar-refractivity contribution in [3.63, 3.8) is 0 Å². The monoisotopic (exact) mass is 448 g/mol. The van der Waals surface area contributed by atoms with Gasteiger partial charge in [-0.05, 0) is 70.1 Å². The maximum absolute atomic E-state index is 13.2. The van der Waals surface area contributed by atoms with E-state index in [1.807, 2.05) is 33.0 Å². The number of sulfonamides is 1. The highest BCUT2D eigenvalue weighted by Crippen LogP contribution is 2.34. The summed E-state index contributed by atoms with van der Waals surface area (Å²) in [6.45, 7) is 7.39. The number of likely N-dealkylation sites (tertiary alicyclic amines) is 1. The molecule has 1 N–H and O–H groups in total. The van der Waals surface area contributed by atoms with E-state index in [0.29, 0.717) is 44.9 Å². The molecule has 0 unspecified atom stereocenters. The zero-order valence-corrected chi connectivity index (χ0v) is 19.3. The van der Waals surface area contributed by atoms with Crippen molar-refractivity contribution in [1.82, 2.24) is 19.2 Å². The van der Waals surface area contributed by atoms with Crippen LogP contribution in [0.2, 0.25) is 0 Å². The maximum atomic E-state index is 13.2. The van der Waals surface area contributed by atoms with Crippen molar-refractivity contribution < 1.29 is 17.9 Å². The van der Waals surface area contributed by atoms with E-state index in [1.54, 1.807) is 15.4 Å². The highest BCUT2D eigenvalue weighted by molar-refractivity contribution is 7.89. The van der Waals surface area contributed by atoms with Crippen molar-refractivity contribution in [1.29, 1.82) is 0 Å². The van der Waals surface area contributed by atoms with Gasteiger partial charge in [0.1, 0.15) is 11.2 Å². The van der Waals surface area contributed by atoms with Crippen molar-refractivity contribution in [2.24, 2.45) is 0 Å². The third kappa shape index (κ3) is 4.72. The topological polar surface area (TPSA) is 95.6 Å². The van der Waals surface area contributed by atoms with Gasteiger partial charge in [0.2, 0.25) is 10.0 Å². The number of fused-ring (bicyclic) bond motifs is 1. The lowest BCUT2D eigenvalue weighted by atomic mass is 9.90. The van der Waals surface area contributed by atoms with Gasteiger partial charge >= 0.3 is 6.09 Å². The smallest absolute Gasteiger partial charge is 0.410 e. The van der Waals surface area contributed by atoms with Gasteiger partial charge in [0.05, 0.1) is 5.25 Å². The van der Waals surface area contributed by atoms with Crippen LogP contribution in [-0.2, 0) is 14.8 Å². The summed E-state index contributed by atoms with van der Waals surface area (Å²) in [6, 6.07) is 4.00. The number of carbonyl (C=O) groups is 1. The molecule has 2 aromatic heterocycles. The van der Waals surface area contributed by atoms with E-state index < -0.39 is 20.9 Å². The number of aromatic nitrogens is 2. The van der Waals surface area contributed by atoms with E-state index in [1.165, 1.54) is 5.56 Å². The molecular weight excluding hydrogens is 416 g/mol. The summed E-state index contributed by atoms with van der Waals surface area (Å²) in [6.07, 6.45) is 5.93. The number of carbonyl (C=O) groups excluding carboxylic acids is 1. The molecule has 0 atom stereocenters. The van der Waals surface area contributed by atoms with Crippen molar-refractivity contribution in [3.8, 4) is 0 Å². The molecule has 170 valence electrons. The molecule has 0 aliphatic carbocycles. The number of hydrogen-bond donors (Lipinski definition) is 1. The van der Waals surface area contributed by atoms with Crippen molar-refractivity contribution in [2.45, 2.75) is 63.2 Å². The molecule has 2 aromatic rings. The van der Waals surface area contributed by atoms with Crippen LogP contribution in [0, 0.1) is 0 Å². The molecule has 0 radical (unpaired) electrons. The largest absolute Gasteiger partial charge is 0.444 e. The van der Waals surface area contributed by atoms with E-state index in [0.717, 1.165) is 23.9 Å². The molecule has 2 fully saturated rings. The lowest BCUT2D eigenvalue weighted by molar-refractivity contribution is 0.0216. The van der Waals surface area contributed by atoms with Gasteiger partial charge in [-0.15, -0.1) is 0 Å². The van der Waals surface area contributed by atoms with Crippen LogP contribution in [0.3, 0.4) is 0 Å². The maximum Gasteiger partial charge on any atom is 0.410 e. The number of hydrogen-bond acceptors (Lipinski definition) is 5. The molecule has 0 aromatic carbocycles. The fraction of sp³-hybridized carbons (Fsp3) is 0.636. The normalized spacial score (nSPS) is 20.3. The number of nitrogens with zero attached hydrogens (tertiary/aromatic N) is 3. The number of amides is 1. The third-order valence-corrected chi connectivity index (χ3v) is 8.65. The molecule has 8 nitrogen and oxygen atoms in total. The average Bonchev–Trinajstić information content (AvgIpc) is 3.17. The van der Waals surface area contributed by atoms with E-state index in [2.05, 4.69) is 16.0 Å². The molecule has 0 bridgehead atoms. The first-order valence-corrected chi connectivity index (χ1v) is 12.5. The first-order chi connectivity index (χ1) is 14.6. The van der Waals surface area contributed by atoms with Crippen LogP contribution in [0.15, 0.2) is 24.5 Å². The number of ether oxygens (including phenoxy) is 1. The summed E-state index contributed by atoms with van der Waals surface area (Å²) in [5.41, 5.74) is 1.56. The van der Waals surface area contributed by atoms with Gasteiger partial charge < -0.3 is 14.6 Å². The van der Waals surface area contributed by atoms with Crippen molar-refractivity contribution in [2.75, 3.05) is 26.2 Å². The molecule has 31 heavy (non-hydrogen) atoms. The number of piperidine rings is 2. The predicted molar refractivity (Wildman–Crippen MR) is 119 cm³/mol. The summed E-state index contributed by atoms with van der Waals surface area (Å²) in [4.78, 5) is 21.4. The quantitative estimate of drug-likeness (QED) is 0.776. The van der Waals surface area contributed by atoms with E-state index in [-0.39, 0.29) is 6.09 Å². The fourth-order valence-electron chi connectivity index (χ4n) is 4.61. The summed E-state index contributed by atoms with van der Waals surface area (Å²) in [5, 5.41) is 0.693. The summed E-state index contributed by atoms with van der Waals surface area (Å²) >= 11 is 0. The van der Waals surface area contributed by atoms with Crippen LogP contribution in [0.1, 0.15) is 57.9 Å². The minimum absolute atomic E-state index is 0.332. The zero-order chi connectivity index (χ0) is 22.2. The first-order valence-electron chi connectivity index (χ1n) is 11.0. The van der Waals surface area contributed by atoms with Crippen LogP contribution < -0.4 is 0 Å². The Morgan fingerprint density at radius 3 is 2.45 bits per heavy atom. The zero-order valence-electron chi connectivity index (χ0n) is 18.5.